The van der Waals surface area contributed by atoms with Crippen molar-refractivity contribution in [3.05, 3.63) is 11.4 Å². The van der Waals surface area contributed by atoms with Crippen molar-refractivity contribution in [2.45, 2.75) is 18.6 Å². The van der Waals surface area contributed by atoms with Gasteiger partial charge < -0.3 is 14.3 Å². The molecule has 1 aliphatic rings. The highest BCUT2D eigenvalue weighted by Crippen LogP contribution is 2.42. The molecule has 0 aromatic heterocycles. The Morgan fingerprint density at radius 1 is 1.45 bits per heavy atom. The third-order valence-corrected chi connectivity index (χ3v) is 2.19. The SMILES string of the molecule is [C-]#[N+]CC(OC)(OC)C1CC1. The Morgan fingerprint density at radius 2 is 2.00 bits per heavy atom. The van der Waals surface area contributed by atoms with Gasteiger partial charge in [-0.3, -0.25) is 0 Å². The highest BCUT2D eigenvalue weighted by Gasteiger charge is 2.49. The highest BCUT2D eigenvalue weighted by atomic mass is 16.7. The number of hydrogen-bond donors (Lipinski definition) is 0. The van der Waals surface area contributed by atoms with Crippen molar-refractivity contribution in [1.82, 2.24) is 0 Å². The smallest absolute Gasteiger partial charge is 0.268 e. The average molecular weight is 155 g/mol. The second-order valence-corrected chi connectivity index (χ2v) is 2.81. The topological polar surface area (TPSA) is 22.8 Å². The summed E-state index contributed by atoms with van der Waals surface area (Å²) in [6, 6.07) is 0. The van der Waals surface area contributed by atoms with Crippen molar-refractivity contribution in [2.75, 3.05) is 20.8 Å². The number of hydrogen-bond acceptors (Lipinski definition) is 2. The number of rotatable bonds is 4. The van der Waals surface area contributed by atoms with E-state index in [1.54, 1.807) is 14.2 Å². The van der Waals surface area contributed by atoms with Gasteiger partial charge in [0.25, 0.3) is 6.54 Å². The average Bonchev–Trinajstić information content (AvgIpc) is 2.83. The van der Waals surface area contributed by atoms with Crippen LogP contribution in [0.1, 0.15) is 12.8 Å². The fourth-order valence-electron chi connectivity index (χ4n) is 1.31. The lowest BCUT2D eigenvalue weighted by atomic mass is 10.1. The molecule has 0 bridgehead atoms. The summed E-state index contributed by atoms with van der Waals surface area (Å²) in [5.41, 5.74) is 0. The molecule has 0 saturated heterocycles. The van der Waals surface area contributed by atoms with Crippen LogP contribution in [-0.2, 0) is 9.47 Å². The molecule has 3 heteroatoms. The molecule has 62 valence electrons. The van der Waals surface area contributed by atoms with E-state index in [0.717, 1.165) is 12.8 Å². The van der Waals surface area contributed by atoms with Gasteiger partial charge in [0.05, 0.1) is 0 Å². The summed E-state index contributed by atoms with van der Waals surface area (Å²) in [5, 5.41) is 0. The van der Waals surface area contributed by atoms with Gasteiger partial charge in [-0.25, -0.2) is 6.57 Å². The summed E-state index contributed by atoms with van der Waals surface area (Å²) < 4.78 is 10.4. The largest absolute Gasteiger partial charge is 0.347 e. The molecule has 3 nitrogen and oxygen atoms in total. The number of nitrogens with zero attached hydrogens (tertiary/aromatic N) is 1. The minimum Gasteiger partial charge on any atom is -0.347 e. The number of ether oxygens (including phenoxy) is 2. The maximum atomic E-state index is 6.75. The van der Waals surface area contributed by atoms with E-state index in [1.165, 1.54) is 0 Å². The Balaban J connectivity index is 2.59. The second kappa shape index (κ2) is 3.21. The first kappa shape index (κ1) is 8.51. The van der Waals surface area contributed by atoms with E-state index in [2.05, 4.69) is 4.85 Å². The van der Waals surface area contributed by atoms with E-state index in [4.69, 9.17) is 16.0 Å². The minimum atomic E-state index is -0.609. The Labute approximate surface area is 67.1 Å². The lowest BCUT2D eigenvalue weighted by Gasteiger charge is -2.24. The van der Waals surface area contributed by atoms with Crippen LogP contribution in [-0.4, -0.2) is 26.6 Å². The van der Waals surface area contributed by atoms with Gasteiger partial charge in [-0.2, -0.15) is 0 Å². The lowest BCUT2D eigenvalue weighted by Crippen LogP contribution is -2.39. The van der Waals surface area contributed by atoms with Crippen LogP contribution in [0.15, 0.2) is 0 Å². The van der Waals surface area contributed by atoms with Gasteiger partial charge in [0, 0.05) is 20.1 Å². The first-order valence-corrected chi connectivity index (χ1v) is 3.72. The van der Waals surface area contributed by atoms with Crippen molar-refractivity contribution in [1.29, 1.82) is 0 Å². The molecule has 0 amide bonds. The van der Waals surface area contributed by atoms with Crippen molar-refractivity contribution < 1.29 is 9.47 Å². The van der Waals surface area contributed by atoms with Crippen LogP contribution in [0.4, 0.5) is 0 Å². The molecule has 0 aromatic rings. The van der Waals surface area contributed by atoms with Crippen molar-refractivity contribution >= 4 is 0 Å². The molecular weight excluding hydrogens is 142 g/mol. The van der Waals surface area contributed by atoms with E-state index in [0.29, 0.717) is 12.5 Å². The summed E-state index contributed by atoms with van der Waals surface area (Å²) >= 11 is 0. The van der Waals surface area contributed by atoms with Gasteiger partial charge in [0.2, 0.25) is 5.79 Å². The first-order valence-electron chi connectivity index (χ1n) is 3.72. The van der Waals surface area contributed by atoms with Gasteiger partial charge in [0.1, 0.15) is 0 Å². The Morgan fingerprint density at radius 3 is 2.27 bits per heavy atom. The van der Waals surface area contributed by atoms with Gasteiger partial charge >= 0.3 is 0 Å². The molecule has 0 N–H and O–H groups in total. The normalized spacial score (nSPS) is 17.9. The molecule has 0 aliphatic heterocycles. The molecule has 0 radical (unpaired) electrons. The molecule has 0 spiro atoms. The van der Waals surface area contributed by atoms with Crippen LogP contribution in [0.2, 0.25) is 0 Å². The van der Waals surface area contributed by atoms with Crippen LogP contribution in [0.25, 0.3) is 4.85 Å². The van der Waals surface area contributed by atoms with Crippen molar-refractivity contribution in [2.24, 2.45) is 5.92 Å². The summed E-state index contributed by atoms with van der Waals surface area (Å²) in [7, 11) is 3.21. The van der Waals surface area contributed by atoms with E-state index in [9.17, 15) is 0 Å². The molecule has 1 fully saturated rings. The predicted molar refractivity (Wildman–Crippen MR) is 40.9 cm³/mol. The molecule has 1 rings (SSSR count). The van der Waals surface area contributed by atoms with Gasteiger partial charge in [0.15, 0.2) is 0 Å². The number of methoxy groups -OCH3 is 2. The summed E-state index contributed by atoms with van der Waals surface area (Å²) in [4.78, 5) is 3.31. The molecule has 0 atom stereocenters. The molecule has 11 heavy (non-hydrogen) atoms. The van der Waals surface area contributed by atoms with Crippen LogP contribution >= 0.6 is 0 Å². The molecule has 0 heterocycles. The van der Waals surface area contributed by atoms with E-state index < -0.39 is 5.79 Å². The zero-order valence-corrected chi connectivity index (χ0v) is 6.96. The Kier molecular flexibility index (Phi) is 2.48. The fourth-order valence-corrected chi connectivity index (χ4v) is 1.31. The molecule has 1 aliphatic carbocycles. The Hall–Kier alpha value is -0.590. The predicted octanol–water partition coefficient (Wildman–Crippen LogP) is 1.30. The zero-order valence-electron chi connectivity index (χ0n) is 6.96. The summed E-state index contributed by atoms with van der Waals surface area (Å²) in [6.45, 7) is 7.06. The zero-order chi connectivity index (χ0) is 8.32. The fraction of sp³-hybridized carbons (Fsp3) is 0.875. The first-order chi connectivity index (χ1) is 5.29. The van der Waals surface area contributed by atoms with Crippen LogP contribution in [0, 0.1) is 12.5 Å². The van der Waals surface area contributed by atoms with Crippen molar-refractivity contribution in [3.8, 4) is 0 Å². The van der Waals surface area contributed by atoms with Gasteiger partial charge in [-0.05, 0) is 12.8 Å². The second-order valence-electron chi connectivity index (χ2n) is 2.81. The molecule has 1 saturated carbocycles. The minimum absolute atomic E-state index is 0.310. The van der Waals surface area contributed by atoms with Crippen LogP contribution < -0.4 is 0 Å². The van der Waals surface area contributed by atoms with Gasteiger partial charge in [-0.15, -0.1) is 0 Å². The standard InChI is InChI=1S/C8H13NO2/c1-9-6-8(10-2,11-3)7-4-5-7/h7H,4-6H2,2-3H3. The highest BCUT2D eigenvalue weighted by molar-refractivity contribution is 4.93. The maximum absolute atomic E-state index is 6.75. The Bertz CT molecular complexity index is 165. The third kappa shape index (κ3) is 1.52. The van der Waals surface area contributed by atoms with E-state index in [-0.39, 0.29) is 0 Å². The molecule has 0 unspecified atom stereocenters. The molecular formula is C8H13NO2. The summed E-state index contributed by atoms with van der Waals surface area (Å²) in [6.07, 6.45) is 2.24. The monoisotopic (exact) mass is 155 g/mol. The van der Waals surface area contributed by atoms with Crippen LogP contribution in [0.5, 0.6) is 0 Å². The van der Waals surface area contributed by atoms with Crippen molar-refractivity contribution in [3.63, 3.8) is 0 Å². The summed E-state index contributed by atoms with van der Waals surface area (Å²) in [5.74, 6) is -0.173. The van der Waals surface area contributed by atoms with Gasteiger partial charge in [-0.1, -0.05) is 0 Å². The third-order valence-electron chi connectivity index (χ3n) is 2.19. The maximum Gasteiger partial charge on any atom is 0.268 e. The quantitative estimate of drug-likeness (QED) is 0.451. The lowest BCUT2D eigenvalue weighted by molar-refractivity contribution is -0.208. The van der Waals surface area contributed by atoms with E-state index >= 15 is 0 Å². The van der Waals surface area contributed by atoms with Crippen LogP contribution in [0.3, 0.4) is 0 Å². The molecule has 0 aromatic carbocycles. The van der Waals surface area contributed by atoms with E-state index in [1.807, 2.05) is 0 Å².